The van der Waals surface area contributed by atoms with E-state index in [-0.39, 0.29) is 12.4 Å². The van der Waals surface area contributed by atoms with Crippen molar-refractivity contribution in [3.63, 3.8) is 0 Å². The second kappa shape index (κ2) is 7.04. The largest absolute Gasteiger partial charge is 0.491 e. The van der Waals surface area contributed by atoms with E-state index in [1.807, 2.05) is 17.7 Å². The number of Topliss-reactive ketones (excluding diaryl/α,β-unsaturated/α-hetero) is 1. The number of rotatable bonds is 7. The van der Waals surface area contributed by atoms with Crippen molar-refractivity contribution in [2.75, 3.05) is 6.61 Å². The number of carbonyl (C=O) groups is 1. The molecule has 2 aromatic rings. The first kappa shape index (κ1) is 15.3. The summed E-state index contributed by atoms with van der Waals surface area (Å²) < 4.78 is 7.45. The van der Waals surface area contributed by atoms with Crippen LogP contribution >= 0.6 is 0 Å². The minimum Gasteiger partial charge on any atom is -0.491 e. The van der Waals surface area contributed by atoms with Crippen molar-refractivity contribution in [3.05, 3.63) is 48.0 Å². The molecule has 2 rings (SSSR count). The molecule has 0 saturated heterocycles. The third kappa shape index (κ3) is 4.16. The summed E-state index contributed by atoms with van der Waals surface area (Å²) in [7, 11) is 0. The maximum atomic E-state index is 11.2. The summed E-state index contributed by atoms with van der Waals surface area (Å²) >= 11 is 0. The summed E-state index contributed by atoms with van der Waals surface area (Å²) in [6, 6.07) is 6.90. The predicted molar refractivity (Wildman–Crippen MR) is 79.6 cm³/mol. The molecule has 1 unspecified atom stereocenters. The molecule has 0 aliphatic carbocycles. The zero-order valence-electron chi connectivity index (χ0n) is 12.3. The predicted octanol–water partition coefficient (Wildman–Crippen LogP) is 2.09. The van der Waals surface area contributed by atoms with Gasteiger partial charge in [0.1, 0.15) is 24.3 Å². The molecule has 1 N–H and O–H groups in total. The van der Waals surface area contributed by atoms with Crippen LogP contribution in [0.15, 0.2) is 36.7 Å². The smallest absolute Gasteiger partial charge is 0.159 e. The fraction of sp³-hybridized carbons (Fsp3) is 0.375. The number of ether oxygens (including phenoxy) is 1. The average molecular weight is 288 g/mol. The Kier molecular flexibility index (Phi) is 5.11. The van der Waals surface area contributed by atoms with E-state index in [9.17, 15) is 9.90 Å². The molecule has 0 bridgehead atoms. The maximum Gasteiger partial charge on any atom is 0.159 e. The van der Waals surface area contributed by atoms with Crippen LogP contribution in [0.1, 0.15) is 30.0 Å². The lowest BCUT2D eigenvalue weighted by molar-refractivity contribution is 0.0916. The molecule has 1 heterocycles. The van der Waals surface area contributed by atoms with E-state index >= 15 is 0 Å². The molecule has 5 heteroatoms. The van der Waals surface area contributed by atoms with E-state index in [0.29, 0.717) is 17.9 Å². The van der Waals surface area contributed by atoms with Crippen molar-refractivity contribution >= 4 is 5.78 Å². The number of aromatic nitrogens is 2. The van der Waals surface area contributed by atoms with Crippen molar-refractivity contribution in [3.8, 4) is 5.75 Å². The van der Waals surface area contributed by atoms with Crippen LogP contribution in [0.4, 0.5) is 0 Å². The Bertz CT molecular complexity index is 590. The zero-order valence-corrected chi connectivity index (χ0v) is 12.3. The highest BCUT2D eigenvalue weighted by Crippen LogP contribution is 2.13. The van der Waals surface area contributed by atoms with E-state index in [2.05, 4.69) is 4.98 Å². The van der Waals surface area contributed by atoms with Crippen molar-refractivity contribution in [1.29, 1.82) is 0 Å². The molecule has 0 aliphatic rings. The fourth-order valence-electron chi connectivity index (χ4n) is 2.08. The Morgan fingerprint density at radius 1 is 1.38 bits per heavy atom. The van der Waals surface area contributed by atoms with Crippen LogP contribution in [0.25, 0.3) is 0 Å². The molecule has 1 aromatic heterocycles. The van der Waals surface area contributed by atoms with Gasteiger partial charge in [0.15, 0.2) is 5.78 Å². The lowest BCUT2D eigenvalue weighted by Crippen LogP contribution is -2.24. The molecular formula is C16H20N2O3. The number of ketones is 1. The van der Waals surface area contributed by atoms with Crippen LogP contribution in [-0.4, -0.2) is 33.2 Å². The van der Waals surface area contributed by atoms with E-state index in [1.165, 1.54) is 6.92 Å². The third-order valence-electron chi connectivity index (χ3n) is 3.23. The minimum absolute atomic E-state index is 0.0220. The molecule has 0 aliphatic heterocycles. The number of aryl methyl sites for hydroxylation is 1. The van der Waals surface area contributed by atoms with Crippen LogP contribution in [0.3, 0.4) is 0 Å². The van der Waals surface area contributed by atoms with Gasteiger partial charge in [-0.15, -0.1) is 0 Å². The summed E-state index contributed by atoms with van der Waals surface area (Å²) in [6.45, 7) is 4.20. The number of nitrogens with zero attached hydrogens (tertiary/aromatic N) is 2. The Labute approximate surface area is 124 Å². The molecule has 0 saturated carbocycles. The number of aliphatic hydroxyl groups excluding tert-OH is 1. The topological polar surface area (TPSA) is 64.3 Å². The maximum absolute atomic E-state index is 11.2. The van der Waals surface area contributed by atoms with Crippen molar-refractivity contribution in [1.82, 2.24) is 9.55 Å². The molecule has 5 nitrogen and oxygen atoms in total. The number of hydrogen-bond acceptors (Lipinski definition) is 4. The third-order valence-corrected chi connectivity index (χ3v) is 3.23. The quantitative estimate of drug-likeness (QED) is 0.792. The highest BCUT2D eigenvalue weighted by molar-refractivity contribution is 5.94. The van der Waals surface area contributed by atoms with Gasteiger partial charge >= 0.3 is 0 Å². The Balaban J connectivity index is 1.86. The Hall–Kier alpha value is -2.14. The van der Waals surface area contributed by atoms with Crippen LogP contribution < -0.4 is 4.74 Å². The van der Waals surface area contributed by atoms with Gasteiger partial charge in [0.05, 0.1) is 6.54 Å². The van der Waals surface area contributed by atoms with E-state index in [4.69, 9.17) is 4.74 Å². The van der Waals surface area contributed by atoms with Gasteiger partial charge in [0.2, 0.25) is 0 Å². The summed E-state index contributed by atoms with van der Waals surface area (Å²) in [5.41, 5.74) is 0.647. The van der Waals surface area contributed by atoms with Crippen LogP contribution in [0.2, 0.25) is 0 Å². The molecule has 21 heavy (non-hydrogen) atoms. The second-order valence-electron chi connectivity index (χ2n) is 4.89. The SMILES string of the molecule is CCc1nccn1CC(O)COc1ccc(C(C)=O)cc1. The number of aliphatic hydroxyl groups is 1. The summed E-state index contributed by atoms with van der Waals surface area (Å²) in [4.78, 5) is 15.4. The fourth-order valence-corrected chi connectivity index (χ4v) is 2.08. The molecule has 1 atom stereocenters. The molecular weight excluding hydrogens is 268 g/mol. The first-order valence-corrected chi connectivity index (χ1v) is 7.02. The van der Waals surface area contributed by atoms with E-state index < -0.39 is 6.10 Å². The molecule has 112 valence electrons. The molecule has 0 radical (unpaired) electrons. The summed E-state index contributed by atoms with van der Waals surface area (Å²) in [5, 5.41) is 10.0. The van der Waals surface area contributed by atoms with Gasteiger partial charge < -0.3 is 14.4 Å². The van der Waals surface area contributed by atoms with Gasteiger partial charge in [0, 0.05) is 24.4 Å². The van der Waals surface area contributed by atoms with Gasteiger partial charge in [-0.25, -0.2) is 4.98 Å². The normalized spacial score (nSPS) is 12.1. The highest BCUT2D eigenvalue weighted by Gasteiger charge is 2.09. The lowest BCUT2D eigenvalue weighted by atomic mass is 10.1. The monoisotopic (exact) mass is 288 g/mol. The minimum atomic E-state index is -0.614. The van der Waals surface area contributed by atoms with E-state index in [0.717, 1.165) is 12.2 Å². The van der Waals surface area contributed by atoms with Gasteiger partial charge in [-0.1, -0.05) is 6.92 Å². The zero-order chi connectivity index (χ0) is 15.2. The van der Waals surface area contributed by atoms with Gasteiger partial charge in [-0.05, 0) is 31.2 Å². The van der Waals surface area contributed by atoms with Gasteiger partial charge in [-0.2, -0.15) is 0 Å². The lowest BCUT2D eigenvalue weighted by Gasteiger charge is -2.14. The average Bonchev–Trinajstić information content (AvgIpc) is 2.92. The standard InChI is InChI=1S/C16H20N2O3/c1-3-16-17-8-9-18(16)10-14(20)11-21-15-6-4-13(5-7-15)12(2)19/h4-9,14,20H,3,10-11H2,1-2H3. The van der Waals surface area contributed by atoms with Crippen LogP contribution in [0, 0.1) is 0 Å². The first-order valence-electron chi connectivity index (χ1n) is 7.02. The summed E-state index contributed by atoms with van der Waals surface area (Å²) in [5.74, 6) is 1.61. The van der Waals surface area contributed by atoms with Crippen molar-refractivity contribution in [2.45, 2.75) is 32.9 Å². The number of imidazole rings is 1. The molecule has 0 spiro atoms. The van der Waals surface area contributed by atoms with Gasteiger partial charge in [-0.3, -0.25) is 4.79 Å². The van der Waals surface area contributed by atoms with Gasteiger partial charge in [0.25, 0.3) is 0 Å². The Morgan fingerprint density at radius 2 is 2.10 bits per heavy atom. The molecule has 0 fully saturated rings. The highest BCUT2D eigenvalue weighted by atomic mass is 16.5. The van der Waals surface area contributed by atoms with E-state index in [1.54, 1.807) is 30.5 Å². The number of hydrogen-bond donors (Lipinski definition) is 1. The van der Waals surface area contributed by atoms with Crippen molar-refractivity contribution < 1.29 is 14.6 Å². The van der Waals surface area contributed by atoms with Crippen molar-refractivity contribution in [2.24, 2.45) is 0 Å². The Morgan fingerprint density at radius 3 is 2.71 bits per heavy atom. The molecule has 1 aromatic carbocycles. The second-order valence-corrected chi connectivity index (χ2v) is 4.89. The molecule has 0 amide bonds. The van der Waals surface area contributed by atoms with Crippen LogP contribution in [0.5, 0.6) is 5.75 Å². The number of benzene rings is 1. The summed E-state index contributed by atoms with van der Waals surface area (Å²) in [6.07, 6.45) is 3.79. The number of carbonyl (C=O) groups excluding carboxylic acids is 1. The van der Waals surface area contributed by atoms with Crippen LogP contribution in [-0.2, 0) is 13.0 Å². The first-order chi connectivity index (χ1) is 10.1.